The number of methoxy groups -OCH3 is 1. The van der Waals surface area contributed by atoms with Crippen LogP contribution < -0.4 is 14.8 Å². The lowest BCUT2D eigenvalue weighted by molar-refractivity contribution is 0.413. The van der Waals surface area contributed by atoms with E-state index in [1.165, 1.54) is 19.2 Å². The van der Waals surface area contributed by atoms with Crippen molar-refractivity contribution < 1.29 is 13.2 Å². The molecule has 0 fully saturated rings. The van der Waals surface area contributed by atoms with Gasteiger partial charge in [0.05, 0.1) is 12.0 Å². The lowest BCUT2D eigenvalue weighted by Crippen LogP contribution is -2.28. The molecule has 2 N–H and O–H groups in total. The number of allylic oxidation sites excluding steroid dienone is 6. The van der Waals surface area contributed by atoms with Crippen LogP contribution in [0.2, 0.25) is 5.02 Å². The SMILES string of the molecule is C=C/C(Br)=C(/C)N(C)/C(=C\C(=C)c1ccccc1Cl)NCc1cccc(CNS(=O)(=O)c2cccc(OC)c2)c1.C=CC. The molecule has 0 heterocycles. The van der Waals surface area contributed by atoms with Gasteiger partial charge in [0.25, 0.3) is 0 Å². The van der Waals surface area contributed by atoms with Crippen molar-refractivity contribution in [2.24, 2.45) is 0 Å². The second kappa shape index (κ2) is 17.5. The molecule has 0 saturated carbocycles. The monoisotopic (exact) mass is 683 g/mol. The molecule has 9 heteroatoms. The number of nitrogens with zero attached hydrogens (tertiary/aromatic N) is 1. The summed E-state index contributed by atoms with van der Waals surface area (Å²) in [5, 5.41) is 4.11. The summed E-state index contributed by atoms with van der Waals surface area (Å²) >= 11 is 9.97. The Hall–Kier alpha value is -3.56. The van der Waals surface area contributed by atoms with Crippen molar-refractivity contribution in [1.29, 1.82) is 0 Å². The molecule has 0 aromatic heterocycles. The third-order valence-electron chi connectivity index (χ3n) is 6.20. The number of halogens is 2. The van der Waals surface area contributed by atoms with Crippen LogP contribution in [0.15, 0.2) is 132 Å². The highest BCUT2D eigenvalue weighted by Gasteiger charge is 2.15. The molecule has 6 nitrogen and oxygen atoms in total. The van der Waals surface area contributed by atoms with Gasteiger partial charge in [-0.05, 0) is 76.3 Å². The summed E-state index contributed by atoms with van der Waals surface area (Å²) in [5.74, 6) is 1.28. The van der Waals surface area contributed by atoms with Crippen LogP contribution >= 0.6 is 27.5 Å². The van der Waals surface area contributed by atoms with Crippen LogP contribution in [0.5, 0.6) is 5.75 Å². The number of hydrogen-bond donors (Lipinski definition) is 2. The molecule has 0 atom stereocenters. The van der Waals surface area contributed by atoms with E-state index in [1.54, 1.807) is 24.3 Å². The van der Waals surface area contributed by atoms with Crippen LogP contribution in [0, 0.1) is 0 Å². The minimum atomic E-state index is -3.70. The molecule has 228 valence electrons. The summed E-state index contributed by atoms with van der Waals surface area (Å²) in [7, 11) is -0.257. The average Bonchev–Trinajstić information content (AvgIpc) is 3.01. The summed E-state index contributed by atoms with van der Waals surface area (Å²) < 4.78 is 34.3. The van der Waals surface area contributed by atoms with E-state index in [-0.39, 0.29) is 11.4 Å². The lowest BCUT2D eigenvalue weighted by Gasteiger charge is -2.26. The largest absolute Gasteiger partial charge is 0.497 e. The topological polar surface area (TPSA) is 70.7 Å². The molecular formula is C34H39BrClN3O3S. The molecule has 0 bridgehead atoms. The molecule has 0 spiro atoms. The molecule has 0 aliphatic rings. The first kappa shape index (κ1) is 35.6. The quantitative estimate of drug-likeness (QED) is 0.140. The first-order valence-corrected chi connectivity index (χ1v) is 16.0. The number of hydrogen-bond acceptors (Lipinski definition) is 5. The third-order valence-corrected chi connectivity index (χ3v) is 8.83. The molecule has 0 unspecified atom stereocenters. The zero-order chi connectivity index (χ0) is 32.0. The first-order chi connectivity index (χ1) is 20.5. The van der Waals surface area contributed by atoms with Gasteiger partial charge in [-0.3, -0.25) is 0 Å². The summed E-state index contributed by atoms with van der Waals surface area (Å²) in [5.41, 5.74) is 4.34. The van der Waals surface area contributed by atoms with Crippen LogP contribution in [0.3, 0.4) is 0 Å². The molecule has 3 rings (SSSR count). The number of ether oxygens (including phenoxy) is 1. The minimum absolute atomic E-state index is 0.146. The van der Waals surface area contributed by atoms with E-state index in [0.717, 1.165) is 38.3 Å². The number of rotatable bonds is 13. The summed E-state index contributed by atoms with van der Waals surface area (Å²) in [4.78, 5) is 2.15. The number of benzene rings is 3. The zero-order valence-electron chi connectivity index (χ0n) is 25.0. The fourth-order valence-electron chi connectivity index (χ4n) is 3.79. The van der Waals surface area contributed by atoms with Crippen LogP contribution in [-0.2, 0) is 23.1 Å². The Kier molecular flexibility index (Phi) is 14.5. The van der Waals surface area contributed by atoms with Gasteiger partial charge in [0.1, 0.15) is 11.6 Å². The molecule has 0 radical (unpaired) electrons. The van der Waals surface area contributed by atoms with Crippen LogP contribution in [0.25, 0.3) is 5.57 Å². The molecule has 0 aliphatic carbocycles. The number of sulfonamides is 1. The fraction of sp³-hybridized carbons (Fsp3) is 0.176. The Labute approximate surface area is 270 Å². The smallest absolute Gasteiger partial charge is 0.241 e. The highest BCUT2D eigenvalue weighted by atomic mass is 79.9. The Morgan fingerprint density at radius 3 is 2.28 bits per heavy atom. The van der Waals surface area contributed by atoms with E-state index in [9.17, 15) is 8.42 Å². The molecule has 3 aromatic rings. The highest BCUT2D eigenvalue weighted by molar-refractivity contribution is 9.11. The van der Waals surface area contributed by atoms with Gasteiger partial charge < -0.3 is 15.0 Å². The average molecular weight is 685 g/mol. The van der Waals surface area contributed by atoms with Crippen molar-refractivity contribution in [1.82, 2.24) is 14.9 Å². The van der Waals surface area contributed by atoms with Gasteiger partial charge in [0.15, 0.2) is 0 Å². The first-order valence-electron chi connectivity index (χ1n) is 13.4. The standard InChI is InChI=1S/C31H33BrClN3O3S.C3H6/c1-6-29(32)23(3)36(4)31(17-22(2)28-15-7-8-16-30(28)33)34-20-24-11-9-12-25(18-24)21-35-40(37,38)27-14-10-13-26(19-27)39-5;1-3-2/h6-19,34-35H,1-2,20-21H2,3-5H3;3H,1H2,2H3/b29-23+,31-17-;. The van der Waals surface area contributed by atoms with Gasteiger partial charge in [-0.15, -0.1) is 6.58 Å². The van der Waals surface area contributed by atoms with E-state index < -0.39 is 10.0 Å². The second-order valence-electron chi connectivity index (χ2n) is 9.32. The maximum Gasteiger partial charge on any atom is 0.241 e. The van der Waals surface area contributed by atoms with Gasteiger partial charge >= 0.3 is 0 Å². The summed E-state index contributed by atoms with van der Waals surface area (Å²) in [6.45, 7) is 15.9. The Balaban J connectivity index is 0.00000206. The molecule has 0 amide bonds. The minimum Gasteiger partial charge on any atom is -0.497 e. The Morgan fingerprint density at radius 2 is 1.65 bits per heavy atom. The van der Waals surface area contributed by atoms with E-state index >= 15 is 0 Å². The van der Waals surface area contributed by atoms with Crippen molar-refractivity contribution in [2.75, 3.05) is 14.2 Å². The van der Waals surface area contributed by atoms with Crippen LogP contribution in [0.1, 0.15) is 30.5 Å². The molecule has 43 heavy (non-hydrogen) atoms. The van der Waals surface area contributed by atoms with Gasteiger partial charge in [-0.25, -0.2) is 13.1 Å². The normalized spacial score (nSPS) is 11.8. The summed E-state index contributed by atoms with van der Waals surface area (Å²) in [6, 6.07) is 21.7. The van der Waals surface area contributed by atoms with E-state index in [1.807, 2.05) is 80.4 Å². The predicted molar refractivity (Wildman–Crippen MR) is 184 cm³/mol. The second-order valence-corrected chi connectivity index (χ2v) is 12.3. The maximum atomic E-state index is 12.8. The van der Waals surface area contributed by atoms with E-state index in [4.69, 9.17) is 16.3 Å². The third kappa shape index (κ3) is 10.9. The molecule has 3 aromatic carbocycles. The zero-order valence-corrected chi connectivity index (χ0v) is 28.2. The van der Waals surface area contributed by atoms with Crippen molar-refractivity contribution in [3.05, 3.63) is 148 Å². The maximum absolute atomic E-state index is 12.8. The molecule has 0 saturated heterocycles. The van der Waals surface area contributed by atoms with Crippen LogP contribution in [-0.4, -0.2) is 27.5 Å². The van der Waals surface area contributed by atoms with Crippen molar-refractivity contribution in [3.8, 4) is 5.75 Å². The number of nitrogens with one attached hydrogen (secondary N) is 2. The van der Waals surface area contributed by atoms with Gasteiger partial charge in [0.2, 0.25) is 10.0 Å². The summed E-state index contributed by atoms with van der Waals surface area (Å²) in [6.07, 6.45) is 5.43. The van der Waals surface area contributed by atoms with Crippen molar-refractivity contribution in [3.63, 3.8) is 0 Å². The van der Waals surface area contributed by atoms with Gasteiger partial charge in [-0.1, -0.05) is 85.4 Å². The molecular weight excluding hydrogens is 646 g/mol. The Bertz CT molecular complexity index is 1600. The van der Waals surface area contributed by atoms with Crippen molar-refractivity contribution >= 4 is 43.1 Å². The lowest BCUT2D eigenvalue weighted by atomic mass is 10.1. The Morgan fingerprint density at radius 1 is 1.02 bits per heavy atom. The van der Waals surface area contributed by atoms with Gasteiger partial charge in [-0.2, -0.15) is 0 Å². The predicted octanol–water partition coefficient (Wildman–Crippen LogP) is 8.41. The molecule has 0 aliphatic heterocycles. The van der Waals surface area contributed by atoms with Crippen LogP contribution in [0.4, 0.5) is 0 Å². The van der Waals surface area contributed by atoms with Gasteiger partial charge in [0, 0.05) is 41.4 Å². The van der Waals surface area contributed by atoms with Crippen molar-refractivity contribution in [2.45, 2.75) is 31.8 Å². The van der Waals surface area contributed by atoms with E-state index in [0.29, 0.717) is 17.3 Å². The highest BCUT2D eigenvalue weighted by Crippen LogP contribution is 2.26. The fourth-order valence-corrected chi connectivity index (χ4v) is 5.37. The van der Waals surface area contributed by atoms with E-state index in [2.05, 4.69) is 45.7 Å².